The Hall–Kier alpha value is -2.09. The summed E-state index contributed by atoms with van der Waals surface area (Å²) >= 11 is 0. The van der Waals surface area contributed by atoms with E-state index in [1.165, 1.54) is 38.5 Å². The molecule has 0 atom stereocenters. The lowest BCUT2D eigenvalue weighted by molar-refractivity contribution is -0.201. The highest BCUT2D eigenvalue weighted by Gasteiger charge is 2.42. The van der Waals surface area contributed by atoms with E-state index in [0.29, 0.717) is 19.6 Å². The van der Waals surface area contributed by atoms with Crippen LogP contribution in [0, 0.1) is 0 Å². The van der Waals surface area contributed by atoms with Crippen molar-refractivity contribution in [1.82, 2.24) is 5.32 Å². The number of nitrogens with one attached hydrogen (secondary N) is 1. The fourth-order valence-corrected chi connectivity index (χ4v) is 2.76. The number of rotatable bonds is 15. The summed E-state index contributed by atoms with van der Waals surface area (Å²) in [5.74, 6) is -2.86. The lowest BCUT2D eigenvalue weighted by Crippen LogP contribution is -2.29. The molecule has 1 rings (SSSR count). The third-order valence-corrected chi connectivity index (χ3v) is 4.47. The van der Waals surface area contributed by atoms with Crippen LogP contribution in [0.2, 0.25) is 0 Å². The smallest absolute Gasteiger partial charge is 0.491 e. The van der Waals surface area contributed by atoms with Crippen molar-refractivity contribution in [3.63, 3.8) is 0 Å². The van der Waals surface area contributed by atoms with E-state index in [4.69, 9.17) is 4.74 Å². The number of carbonyl (C=O) groups is 2. The Morgan fingerprint density at radius 2 is 1.57 bits per heavy atom. The largest absolute Gasteiger partial charge is 0.494 e. The van der Waals surface area contributed by atoms with Crippen LogP contribution in [0.25, 0.3) is 0 Å². The monoisotopic (exact) mass is 431 g/mol. The summed E-state index contributed by atoms with van der Waals surface area (Å²) in [6, 6.07) is 7.74. The van der Waals surface area contributed by atoms with Crippen molar-refractivity contribution < 1.29 is 32.2 Å². The van der Waals surface area contributed by atoms with E-state index >= 15 is 0 Å². The van der Waals surface area contributed by atoms with E-state index in [9.17, 15) is 22.8 Å². The zero-order valence-electron chi connectivity index (χ0n) is 17.6. The predicted molar refractivity (Wildman–Crippen MR) is 108 cm³/mol. The number of hydrogen-bond acceptors (Lipinski definition) is 5. The van der Waals surface area contributed by atoms with Crippen LogP contribution in [0.4, 0.5) is 13.2 Å². The van der Waals surface area contributed by atoms with E-state index < -0.39 is 18.1 Å². The lowest BCUT2D eigenvalue weighted by atomic mass is 10.1. The first-order valence-electron chi connectivity index (χ1n) is 10.6. The zero-order chi connectivity index (χ0) is 22.2. The normalized spacial score (nSPS) is 11.3. The first kappa shape index (κ1) is 25.9. The molecule has 0 amide bonds. The van der Waals surface area contributed by atoms with E-state index in [1.54, 1.807) is 0 Å². The Kier molecular flexibility index (Phi) is 12.8. The van der Waals surface area contributed by atoms with Gasteiger partial charge in [-0.05, 0) is 37.1 Å². The number of halogens is 3. The van der Waals surface area contributed by atoms with Gasteiger partial charge in [0.15, 0.2) is 0 Å². The standard InChI is InChI=1S/C22H32F3NO4/c1-2-3-4-5-6-7-8-17-29-19-11-9-18(10-12-19)13-15-26-16-14-20(27)30-21(28)22(23,24)25/h9-12,26H,2-8,13-17H2,1H3. The van der Waals surface area contributed by atoms with Crippen molar-refractivity contribution in [2.24, 2.45) is 0 Å². The second-order valence-corrected chi connectivity index (χ2v) is 7.12. The summed E-state index contributed by atoms with van der Waals surface area (Å²) in [4.78, 5) is 21.7. The van der Waals surface area contributed by atoms with Gasteiger partial charge in [0.1, 0.15) is 5.75 Å². The van der Waals surface area contributed by atoms with Gasteiger partial charge in [-0.15, -0.1) is 0 Å². The van der Waals surface area contributed by atoms with Crippen LogP contribution >= 0.6 is 0 Å². The molecule has 0 aromatic heterocycles. The van der Waals surface area contributed by atoms with Crippen molar-refractivity contribution in [2.45, 2.75) is 70.9 Å². The van der Waals surface area contributed by atoms with Crippen molar-refractivity contribution in [3.05, 3.63) is 29.8 Å². The first-order valence-corrected chi connectivity index (χ1v) is 10.6. The molecule has 0 heterocycles. The molecule has 170 valence electrons. The zero-order valence-corrected chi connectivity index (χ0v) is 17.6. The molecule has 0 aliphatic rings. The second-order valence-electron chi connectivity index (χ2n) is 7.12. The minimum absolute atomic E-state index is 0.129. The van der Waals surface area contributed by atoms with E-state index in [0.717, 1.165) is 17.7 Å². The van der Waals surface area contributed by atoms with Gasteiger partial charge >= 0.3 is 18.1 Å². The second kappa shape index (κ2) is 14.8. The molecule has 0 fully saturated rings. The van der Waals surface area contributed by atoms with Crippen LogP contribution in [0.15, 0.2) is 24.3 Å². The SMILES string of the molecule is CCCCCCCCCOc1ccc(CCNCCC(=O)OC(=O)C(F)(F)F)cc1. The molecular formula is C22H32F3NO4. The summed E-state index contributed by atoms with van der Waals surface area (Å²) in [5.41, 5.74) is 1.07. The number of alkyl halides is 3. The average molecular weight is 431 g/mol. The summed E-state index contributed by atoms with van der Waals surface area (Å²) in [7, 11) is 0. The summed E-state index contributed by atoms with van der Waals surface area (Å²) in [6.45, 7) is 3.59. The Morgan fingerprint density at radius 3 is 2.20 bits per heavy atom. The van der Waals surface area contributed by atoms with Crippen molar-refractivity contribution in [2.75, 3.05) is 19.7 Å². The van der Waals surface area contributed by atoms with Crippen LogP contribution in [-0.2, 0) is 20.7 Å². The van der Waals surface area contributed by atoms with Crippen LogP contribution in [-0.4, -0.2) is 37.8 Å². The molecule has 0 spiro atoms. The van der Waals surface area contributed by atoms with Gasteiger partial charge in [-0.1, -0.05) is 57.6 Å². The minimum atomic E-state index is -5.16. The molecule has 0 saturated heterocycles. The summed E-state index contributed by atoms with van der Waals surface area (Å²) < 4.78 is 45.4. The van der Waals surface area contributed by atoms with Crippen molar-refractivity contribution >= 4 is 11.9 Å². The molecular weight excluding hydrogens is 399 g/mol. The van der Waals surface area contributed by atoms with E-state index in [1.807, 2.05) is 24.3 Å². The number of hydrogen-bond donors (Lipinski definition) is 1. The maximum absolute atomic E-state index is 12.0. The molecule has 0 bridgehead atoms. The maximum atomic E-state index is 12.0. The van der Waals surface area contributed by atoms with Gasteiger partial charge < -0.3 is 14.8 Å². The van der Waals surface area contributed by atoms with Crippen LogP contribution in [0.3, 0.4) is 0 Å². The highest BCUT2D eigenvalue weighted by molar-refractivity contribution is 5.88. The number of benzene rings is 1. The number of unbranched alkanes of at least 4 members (excludes halogenated alkanes) is 6. The summed E-state index contributed by atoms with van der Waals surface area (Å²) in [6.07, 6.45) is 3.89. The van der Waals surface area contributed by atoms with Gasteiger partial charge in [0, 0.05) is 6.54 Å². The lowest BCUT2D eigenvalue weighted by Gasteiger charge is -2.08. The van der Waals surface area contributed by atoms with Gasteiger partial charge in [0.25, 0.3) is 0 Å². The minimum Gasteiger partial charge on any atom is -0.494 e. The topological polar surface area (TPSA) is 64.6 Å². The van der Waals surface area contributed by atoms with Crippen molar-refractivity contribution in [3.8, 4) is 5.75 Å². The van der Waals surface area contributed by atoms with Crippen LogP contribution in [0.5, 0.6) is 5.75 Å². The van der Waals surface area contributed by atoms with Crippen LogP contribution < -0.4 is 10.1 Å². The molecule has 0 aliphatic carbocycles. The number of ether oxygens (including phenoxy) is 2. The molecule has 1 N–H and O–H groups in total. The van der Waals surface area contributed by atoms with Crippen LogP contribution in [0.1, 0.15) is 63.9 Å². The molecule has 1 aromatic rings. The molecule has 0 aliphatic heterocycles. The Balaban J connectivity index is 2.09. The Labute approximate surface area is 176 Å². The van der Waals surface area contributed by atoms with E-state index in [-0.39, 0.29) is 13.0 Å². The highest BCUT2D eigenvalue weighted by atomic mass is 19.4. The van der Waals surface area contributed by atoms with Gasteiger partial charge in [0.05, 0.1) is 13.0 Å². The molecule has 0 saturated carbocycles. The van der Waals surface area contributed by atoms with Gasteiger partial charge in [-0.3, -0.25) is 4.79 Å². The molecule has 30 heavy (non-hydrogen) atoms. The average Bonchev–Trinajstić information content (AvgIpc) is 2.70. The quantitative estimate of drug-likeness (QED) is 0.241. The van der Waals surface area contributed by atoms with Gasteiger partial charge in [0.2, 0.25) is 0 Å². The number of carbonyl (C=O) groups excluding carboxylic acids is 2. The fraction of sp³-hybridized carbons (Fsp3) is 0.636. The Bertz CT molecular complexity index is 618. The van der Waals surface area contributed by atoms with E-state index in [2.05, 4.69) is 17.0 Å². The third-order valence-electron chi connectivity index (χ3n) is 4.47. The maximum Gasteiger partial charge on any atom is 0.491 e. The third kappa shape index (κ3) is 12.5. The van der Waals surface area contributed by atoms with Crippen molar-refractivity contribution in [1.29, 1.82) is 0 Å². The molecule has 8 heteroatoms. The predicted octanol–water partition coefficient (Wildman–Crippen LogP) is 4.97. The molecule has 0 radical (unpaired) electrons. The fourth-order valence-electron chi connectivity index (χ4n) is 2.76. The van der Waals surface area contributed by atoms with Gasteiger partial charge in [-0.25, -0.2) is 4.79 Å². The molecule has 5 nitrogen and oxygen atoms in total. The van der Waals surface area contributed by atoms with Gasteiger partial charge in [-0.2, -0.15) is 13.2 Å². The molecule has 0 unspecified atom stereocenters. The molecule has 1 aromatic carbocycles. The first-order chi connectivity index (χ1) is 14.3. The summed E-state index contributed by atoms with van der Waals surface area (Å²) in [5, 5.41) is 2.93. The highest BCUT2D eigenvalue weighted by Crippen LogP contribution is 2.17. The Morgan fingerprint density at radius 1 is 0.933 bits per heavy atom. The number of esters is 2.